The van der Waals surface area contributed by atoms with Gasteiger partial charge in [-0.2, -0.15) is 0 Å². The van der Waals surface area contributed by atoms with E-state index in [0.717, 1.165) is 5.92 Å². The molecular formula is C10H20GaN. The molecule has 0 aromatic rings. The number of piperidine rings is 1. The molecule has 1 aliphatic heterocycles. The molecular weight excluding hydrogens is 204 g/mol. The summed E-state index contributed by atoms with van der Waals surface area (Å²) in [5.41, 5.74) is 0. The van der Waals surface area contributed by atoms with E-state index in [9.17, 15) is 0 Å². The molecule has 0 amide bonds. The van der Waals surface area contributed by atoms with Crippen molar-refractivity contribution in [2.75, 3.05) is 19.6 Å². The number of nitrogens with zero attached hydrogens (tertiary/aromatic N) is 1. The Morgan fingerprint density at radius 3 is 2.67 bits per heavy atom. The minimum atomic E-state index is 0.570. The number of hydrogen-bond donors (Lipinski definition) is 0. The molecule has 1 atom stereocenters. The minimum absolute atomic E-state index is 0.570. The van der Waals surface area contributed by atoms with E-state index in [1.165, 1.54) is 32.5 Å². The molecule has 0 aliphatic carbocycles. The van der Waals surface area contributed by atoms with Crippen LogP contribution in [0.5, 0.6) is 0 Å². The molecule has 1 aliphatic rings. The van der Waals surface area contributed by atoms with Gasteiger partial charge in [0.15, 0.2) is 0 Å². The van der Waals surface area contributed by atoms with Crippen LogP contribution in [0.15, 0.2) is 0 Å². The molecule has 0 spiro atoms. The van der Waals surface area contributed by atoms with Crippen LogP contribution in [0, 0.1) is 5.92 Å². The average molecular weight is 224 g/mol. The first kappa shape index (κ1) is 10.7. The van der Waals surface area contributed by atoms with Gasteiger partial charge in [0.05, 0.1) is 0 Å². The molecule has 0 bridgehead atoms. The van der Waals surface area contributed by atoms with Crippen LogP contribution >= 0.6 is 0 Å². The van der Waals surface area contributed by atoms with Crippen molar-refractivity contribution in [3.8, 4) is 0 Å². The first-order valence-corrected chi connectivity index (χ1v) is 6.26. The van der Waals surface area contributed by atoms with Gasteiger partial charge in [0.1, 0.15) is 0 Å². The summed E-state index contributed by atoms with van der Waals surface area (Å²) in [6.45, 7) is 11.0. The molecule has 2 heteroatoms. The van der Waals surface area contributed by atoms with Gasteiger partial charge < -0.3 is 0 Å². The number of likely N-dealkylation sites (tertiary alicyclic amines) is 1. The Labute approximate surface area is 86.8 Å². The Balaban J connectivity index is 2.46. The number of hydrogen-bond acceptors (Lipinski definition) is 1. The van der Waals surface area contributed by atoms with Gasteiger partial charge in [0, 0.05) is 0 Å². The molecule has 1 nitrogen and oxygen atoms in total. The molecule has 1 rings (SSSR count). The normalized spacial score (nSPS) is 27.4. The van der Waals surface area contributed by atoms with E-state index in [1.54, 1.807) is 0 Å². The van der Waals surface area contributed by atoms with Gasteiger partial charge in [-0.05, 0) is 0 Å². The maximum atomic E-state index is 2.59. The third-order valence-corrected chi connectivity index (χ3v) is 3.99. The van der Waals surface area contributed by atoms with Crippen molar-refractivity contribution in [2.45, 2.75) is 37.6 Å². The monoisotopic (exact) mass is 223 g/mol. The van der Waals surface area contributed by atoms with Crippen LogP contribution in [0.4, 0.5) is 0 Å². The standard InChI is InChI=1S/C10H20N.Ga/c1-4-11-7-5-6-10(8-11)9(2)3;/h10H,4-8H2,1-3H3;. The van der Waals surface area contributed by atoms with E-state index >= 15 is 0 Å². The molecule has 1 unspecified atom stereocenters. The zero-order valence-electron chi connectivity index (χ0n) is 8.64. The predicted octanol–water partition coefficient (Wildman–Crippen LogP) is 2.09. The summed E-state index contributed by atoms with van der Waals surface area (Å²) >= 11 is 1.91. The van der Waals surface area contributed by atoms with Crippen LogP contribution in [0.3, 0.4) is 0 Å². The van der Waals surface area contributed by atoms with Crippen molar-refractivity contribution >= 4 is 18.6 Å². The fraction of sp³-hybridized carbons (Fsp3) is 1.00. The third-order valence-electron chi connectivity index (χ3n) is 3.00. The Bertz CT molecular complexity index is 139. The Hall–Kier alpha value is 0.596. The quantitative estimate of drug-likeness (QED) is 0.649. The van der Waals surface area contributed by atoms with E-state index < -0.39 is 0 Å². The van der Waals surface area contributed by atoms with Crippen LogP contribution in [-0.2, 0) is 0 Å². The maximum absolute atomic E-state index is 2.59. The van der Waals surface area contributed by atoms with E-state index in [4.69, 9.17) is 0 Å². The van der Waals surface area contributed by atoms with E-state index in [2.05, 4.69) is 25.7 Å². The summed E-state index contributed by atoms with van der Waals surface area (Å²) in [5.74, 6) is 0.936. The summed E-state index contributed by atoms with van der Waals surface area (Å²) in [4.78, 5) is 2.59. The second-order valence-corrected chi connectivity index (χ2v) is 7.68. The first-order valence-electron chi connectivity index (χ1n) is 5.05. The SMILES string of the molecule is CCN1CCCC([C](C)(C)[Ga])C1. The molecule has 1 heterocycles. The molecule has 0 saturated carbocycles. The summed E-state index contributed by atoms with van der Waals surface area (Å²) in [5, 5.41) is 0. The second-order valence-electron chi connectivity index (χ2n) is 4.55. The number of rotatable bonds is 2. The summed E-state index contributed by atoms with van der Waals surface area (Å²) < 4.78 is 0.570. The third kappa shape index (κ3) is 2.82. The van der Waals surface area contributed by atoms with Crippen molar-refractivity contribution in [3.05, 3.63) is 0 Å². The summed E-state index contributed by atoms with van der Waals surface area (Å²) in [6.07, 6.45) is 2.85. The molecule has 68 valence electrons. The van der Waals surface area contributed by atoms with Gasteiger partial charge in [-0.25, -0.2) is 0 Å². The van der Waals surface area contributed by atoms with E-state index in [-0.39, 0.29) is 0 Å². The Morgan fingerprint density at radius 1 is 1.50 bits per heavy atom. The molecule has 0 aromatic heterocycles. The van der Waals surface area contributed by atoms with Crippen molar-refractivity contribution < 1.29 is 0 Å². The fourth-order valence-corrected chi connectivity index (χ4v) is 2.52. The Morgan fingerprint density at radius 2 is 2.17 bits per heavy atom. The fourth-order valence-electron chi connectivity index (χ4n) is 1.95. The summed E-state index contributed by atoms with van der Waals surface area (Å²) in [7, 11) is 0. The Kier molecular flexibility index (Phi) is 3.74. The van der Waals surface area contributed by atoms with Crippen LogP contribution in [0.2, 0.25) is 3.97 Å². The second kappa shape index (κ2) is 4.21. The van der Waals surface area contributed by atoms with E-state index in [1.807, 2.05) is 18.6 Å². The predicted molar refractivity (Wildman–Crippen MR) is 54.6 cm³/mol. The van der Waals surface area contributed by atoms with Crippen LogP contribution < -0.4 is 0 Å². The molecule has 0 N–H and O–H groups in total. The summed E-state index contributed by atoms with van der Waals surface area (Å²) in [6, 6.07) is 0. The van der Waals surface area contributed by atoms with Crippen LogP contribution in [-0.4, -0.2) is 43.1 Å². The zero-order chi connectivity index (χ0) is 9.19. The molecule has 12 heavy (non-hydrogen) atoms. The van der Waals surface area contributed by atoms with Gasteiger partial charge in [-0.15, -0.1) is 0 Å². The van der Waals surface area contributed by atoms with Crippen molar-refractivity contribution in [3.63, 3.8) is 0 Å². The van der Waals surface area contributed by atoms with Crippen molar-refractivity contribution in [2.24, 2.45) is 5.92 Å². The molecule has 1 fully saturated rings. The molecule has 0 aromatic carbocycles. The van der Waals surface area contributed by atoms with E-state index in [0.29, 0.717) is 3.97 Å². The topological polar surface area (TPSA) is 3.24 Å². The first-order chi connectivity index (χ1) is 5.54. The van der Waals surface area contributed by atoms with Crippen molar-refractivity contribution in [1.29, 1.82) is 0 Å². The van der Waals surface area contributed by atoms with Gasteiger partial charge in [0.2, 0.25) is 0 Å². The van der Waals surface area contributed by atoms with Gasteiger partial charge in [-0.1, -0.05) is 0 Å². The van der Waals surface area contributed by atoms with Crippen LogP contribution in [0.1, 0.15) is 33.6 Å². The van der Waals surface area contributed by atoms with Crippen molar-refractivity contribution in [1.82, 2.24) is 4.90 Å². The van der Waals surface area contributed by atoms with Crippen LogP contribution in [0.25, 0.3) is 0 Å². The van der Waals surface area contributed by atoms with Gasteiger partial charge in [-0.3, -0.25) is 0 Å². The van der Waals surface area contributed by atoms with Gasteiger partial charge in [0.25, 0.3) is 0 Å². The van der Waals surface area contributed by atoms with Gasteiger partial charge >= 0.3 is 86.6 Å². The average Bonchev–Trinajstić information content (AvgIpc) is 2.03. The molecule has 2 radical (unpaired) electrons. The zero-order valence-corrected chi connectivity index (χ0v) is 11.1. The molecule has 1 saturated heterocycles.